The average molecular weight is 466 g/mol. The fourth-order valence-corrected chi connectivity index (χ4v) is 8.63. The van der Waals surface area contributed by atoms with Crippen molar-refractivity contribution in [3.8, 4) is 0 Å². The van der Waals surface area contributed by atoms with Gasteiger partial charge >= 0.3 is 0 Å². The summed E-state index contributed by atoms with van der Waals surface area (Å²) in [6.07, 6.45) is 7.49. The van der Waals surface area contributed by atoms with E-state index in [1.807, 2.05) is 6.92 Å². The Morgan fingerprint density at radius 1 is 1.06 bits per heavy atom. The monoisotopic (exact) mass is 465 g/mol. The number of benzene rings is 1. The molecular weight excluding hydrogens is 434 g/mol. The Bertz CT molecular complexity index is 923. The van der Waals surface area contributed by atoms with Crippen LogP contribution in [0.5, 0.6) is 0 Å². The van der Waals surface area contributed by atoms with Crippen LogP contribution in [0.25, 0.3) is 0 Å². The van der Waals surface area contributed by atoms with Gasteiger partial charge in [-0.15, -0.1) is 0 Å². The number of sulfonamides is 1. The normalized spacial score (nSPS) is 34.6. The van der Waals surface area contributed by atoms with Crippen molar-refractivity contribution in [1.82, 2.24) is 14.5 Å². The van der Waals surface area contributed by atoms with E-state index in [4.69, 9.17) is 11.6 Å². The van der Waals surface area contributed by atoms with Crippen molar-refractivity contribution in [3.05, 3.63) is 29.3 Å². The Kier molecular flexibility index (Phi) is 5.60. The summed E-state index contributed by atoms with van der Waals surface area (Å²) in [7, 11) is -3.57. The van der Waals surface area contributed by atoms with Crippen LogP contribution in [0.2, 0.25) is 5.02 Å². The van der Waals surface area contributed by atoms with Gasteiger partial charge in [-0.3, -0.25) is 9.69 Å². The van der Waals surface area contributed by atoms with E-state index >= 15 is 0 Å². The molecule has 1 amide bonds. The highest BCUT2D eigenvalue weighted by Crippen LogP contribution is 2.55. The molecule has 8 heteroatoms. The van der Waals surface area contributed by atoms with Crippen LogP contribution in [-0.2, 0) is 14.8 Å². The van der Waals surface area contributed by atoms with Crippen molar-refractivity contribution >= 4 is 27.5 Å². The first-order valence-electron chi connectivity index (χ1n) is 11.6. The van der Waals surface area contributed by atoms with E-state index in [1.54, 1.807) is 18.2 Å². The summed E-state index contributed by atoms with van der Waals surface area (Å²) >= 11 is 5.98. The number of carbonyl (C=O) groups excluding carboxylic acids is 1. The molecule has 1 atom stereocenters. The Morgan fingerprint density at radius 2 is 1.65 bits per heavy atom. The number of hydrogen-bond donors (Lipinski definition) is 1. The van der Waals surface area contributed by atoms with Gasteiger partial charge in [0.1, 0.15) is 0 Å². The van der Waals surface area contributed by atoms with Crippen LogP contribution in [0.15, 0.2) is 29.2 Å². The summed E-state index contributed by atoms with van der Waals surface area (Å²) in [5.74, 6) is 2.49. The van der Waals surface area contributed by atoms with E-state index in [0.29, 0.717) is 31.2 Å². The van der Waals surface area contributed by atoms with Crippen molar-refractivity contribution in [2.24, 2.45) is 17.8 Å². The molecule has 1 heterocycles. The second kappa shape index (κ2) is 8.01. The van der Waals surface area contributed by atoms with E-state index in [1.165, 1.54) is 29.6 Å². The summed E-state index contributed by atoms with van der Waals surface area (Å²) in [5.41, 5.74) is 0.0117. The minimum Gasteiger partial charge on any atom is -0.349 e. The molecule has 4 aliphatic carbocycles. The predicted octanol–water partition coefficient (Wildman–Crippen LogP) is 3.12. The van der Waals surface area contributed by atoms with Gasteiger partial charge in [-0.25, -0.2) is 8.42 Å². The van der Waals surface area contributed by atoms with E-state index < -0.39 is 10.0 Å². The van der Waals surface area contributed by atoms with E-state index in [0.717, 1.165) is 37.0 Å². The third-order valence-electron chi connectivity index (χ3n) is 8.06. The molecule has 0 radical (unpaired) electrons. The molecule has 5 fully saturated rings. The summed E-state index contributed by atoms with van der Waals surface area (Å²) in [6.45, 7) is 3.81. The molecule has 1 N–H and O–H groups in total. The molecular formula is C23H32ClN3O3S. The van der Waals surface area contributed by atoms with Crippen molar-refractivity contribution in [2.45, 2.75) is 61.9 Å². The summed E-state index contributed by atoms with van der Waals surface area (Å²) < 4.78 is 27.4. The molecule has 6 rings (SSSR count). The molecule has 0 spiro atoms. The molecule has 1 aromatic carbocycles. The van der Waals surface area contributed by atoms with Crippen LogP contribution >= 0.6 is 11.6 Å². The standard InChI is InChI=1S/C23H32ClN3O3S/c1-16(22(28)25-23-13-17-9-18(14-23)11-19(10-17)15-23)26-5-7-27(8-6-26)31(29,30)21-4-2-3-20(24)12-21/h2-4,12,16-19H,5-11,13-15H2,1H3,(H,25,28)/t16-,17?,18?,19?,23?/m0/s1. The smallest absolute Gasteiger partial charge is 0.243 e. The maximum atomic E-state index is 13.2. The SMILES string of the molecule is C[C@@H](C(=O)NC12CC3CC(CC(C3)C1)C2)N1CCN(S(=O)(=O)c2cccc(Cl)c2)CC1. The van der Waals surface area contributed by atoms with Gasteiger partial charge in [-0.1, -0.05) is 17.7 Å². The van der Waals surface area contributed by atoms with Gasteiger partial charge in [0.05, 0.1) is 10.9 Å². The van der Waals surface area contributed by atoms with Crippen molar-refractivity contribution in [2.75, 3.05) is 26.2 Å². The van der Waals surface area contributed by atoms with Crippen LogP contribution in [0.3, 0.4) is 0 Å². The number of halogens is 1. The van der Waals surface area contributed by atoms with Gasteiger partial charge in [0.25, 0.3) is 0 Å². The number of nitrogens with zero attached hydrogens (tertiary/aromatic N) is 2. The van der Waals surface area contributed by atoms with Crippen LogP contribution in [0.4, 0.5) is 0 Å². The Hall–Kier alpha value is -1.15. The molecule has 6 nitrogen and oxygen atoms in total. The first-order valence-corrected chi connectivity index (χ1v) is 13.4. The van der Waals surface area contributed by atoms with Gasteiger partial charge in [-0.05, 0) is 81.4 Å². The van der Waals surface area contributed by atoms with Gasteiger partial charge in [-0.2, -0.15) is 4.31 Å². The van der Waals surface area contributed by atoms with Crippen molar-refractivity contribution in [1.29, 1.82) is 0 Å². The van der Waals surface area contributed by atoms with E-state index in [9.17, 15) is 13.2 Å². The van der Waals surface area contributed by atoms with E-state index in [-0.39, 0.29) is 22.4 Å². The first kappa shape index (κ1) is 21.7. The zero-order valence-electron chi connectivity index (χ0n) is 18.1. The van der Waals surface area contributed by atoms with Crippen LogP contribution in [0.1, 0.15) is 45.4 Å². The maximum Gasteiger partial charge on any atom is 0.243 e. The third kappa shape index (κ3) is 4.14. The minimum atomic E-state index is -3.57. The number of nitrogens with one attached hydrogen (secondary N) is 1. The lowest BCUT2D eigenvalue weighted by Gasteiger charge is -2.57. The fourth-order valence-electron chi connectivity index (χ4n) is 6.90. The summed E-state index contributed by atoms with van der Waals surface area (Å²) in [6, 6.07) is 6.15. The molecule has 4 saturated carbocycles. The summed E-state index contributed by atoms with van der Waals surface area (Å²) in [5, 5.41) is 3.88. The highest BCUT2D eigenvalue weighted by atomic mass is 35.5. The van der Waals surface area contributed by atoms with Crippen molar-refractivity contribution in [3.63, 3.8) is 0 Å². The molecule has 31 heavy (non-hydrogen) atoms. The van der Waals surface area contributed by atoms with Gasteiger partial charge in [0.2, 0.25) is 15.9 Å². The van der Waals surface area contributed by atoms with Gasteiger partial charge in [0, 0.05) is 36.7 Å². The number of carbonyl (C=O) groups is 1. The molecule has 1 aromatic rings. The first-order chi connectivity index (χ1) is 14.7. The number of amides is 1. The zero-order valence-corrected chi connectivity index (χ0v) is 19.7. The third-order valence-corrected chi connectivity index (χ3v) is 10.2. The maximum absolute atomic E-state index is 13.2. The molecule has 5 aliphatic rings. The van der Waals surface area contributed by atoms with Gasteiger partial charge in [0.15, 0.2) is 0 Å². The highest BCUT2D eigenvalue weighted by molar-refractivity contribution is 7.89. The average Bonchev–Trinajstić information content (AvgIpc) is 2.72. The second-order valence-electron chi connectivity index (χ2n) is 10.3. The number of rotatable bonds is 5. The van der Waals surface area contributed by atoms with Gasteiger partial charge < -0.3 is 5.32 Å². The lowest BCUT2D eigenvalue weighted by atomic mass is 9.53. The quantitative estimate of drug-likeness (QED) is 0.725. The zero-order chi connectivity index (χ0) is 21.8. The van der Waals surface area contributed by atoms with Crippen LogP contribution < -0.4 is 5.32 Å². The minimum absolute atomic E-state index is 0.0117. The fraction of sp³-hybridized carbons (Fsp3) is 0.696. The topological polar surface area (TPSA) is 69.7 Å². The number of piperazine rings is 1. The second-order valence-corrected chi connectivity index (χ2v) is 12.6. The Morgan fingerprint density at radius 3 is 2.19 bits per heavy atom. The molecule has 1 aliphatic heterocycles. The molecule has 4 bridgehead atoms. The lowest BCUT2D eigenvalue weighted by Crippen LogP contribution is -2.63. The molecule has 0 aromatic heterocycles. The van der Waals surface area contributed by atoms with Crippen molar-refractivity contribution < 1.29 is 13.2 Å². The highest BCUT2D eigenvalue weighted by Gasteiger charge is 2.52. The lowest BCUT2D eigenvalue weighted by molar-refractivity contribution is -0.132. The largest absolute Gasteiger partial charge is 0.349 e. The number of hydrogen-bond acceptors (Lipinski definition) is 4. The molecule has 170 valence electrons. The van der Waals surface area contributed by atoms with Crippen LogP contribution in [0, 0.1) is 17.8 Å². The molecule has 0 unspecified atom stereocenters. The molecule has 1 saturated heterocycles. The Labute approximate surface area is 190 Å². The summed E-state index contributed by atoms with van der Waals surface area (Å²) in [4.78, 5) is 15.5. The van der Waals surface area contributed by atoms with E-state index in [2.05, 4.69) is 10.2 Å². The predicted molar refractivity (Wildman–Crippen MR) is 120 cm³/mol. The Balaban J connectivity index is 1.19. The van der Waals surface area contributed by atoms with Crippen LogP contribution in [-0.4, -0.2) is 61.3 Å².